The molecular formula is C20H23N5O. The second kappa shape index (κ2) is 7.15. The number of nitrogens with one attached hydrogen (secondary N) is 2. The van der Waals surface area contributed by atoms with Gasteiger partial charge in [-0.25, -0.2) is 9.97 Å². The first-order chi connectivity index (χ1) is 12.7. The Morgan fingerprint density at radius 2 is 2.19 bits per heavy atom. The van der Waals surface area contributed by atoms with Gasteiger partial charge in [-0.3, -0.25) is 4.79 Å². The van der Waals surface area contributed by atoms with Gasteiger partial charge in [-0.1, -0.05) is 37.3 Å². The van der Waals surface area contributed by atoms with Crippen LogP contribution < -0.4 is 5.32 Å². The highest BCUT2D eigenvalue weighted by atomic mass is 16.1. The predicted octanol–water partition coefficient (Wildman–Crippen LogP) is 2.71. The molecule has 1 aromatic carbocycles. The predicted molar refractivity (Wildman–Crippen MR) is 99.3 cm³/mol. The van der Waals surface area contributed by atoms with Crippen molar-refractivity contribution >= 4 is 5.91 Å². The minimum absolute atomic E-state index is 0.00822. The van der Waals surface area contributed by atoms with Gasteiger partial charge in [0.1, 0.15) is 11.6 Å². The van der Waals surface area contributed by atoms with Crippen molar-refractivity contribution in [3.05, 3.63) is 59.9 Å². The minimum Gasteiger partial charge on any atom is -0.350 e. The Morgan fingerprint density at radius 3 is 3.00 bits per heavy atom. The molecule has 2 N–H and O–H groups in total. The first-order valence-electron chi connectivity index (χ1n) is 9.15. The molecule has 1 aliphatic rings. The number of nitrogens with zero attached hydrogens (tertiary/aromatic N) is 3. The maximum absolute atomic E-state index is 12.6. The van der Waals surface area contributed by atoms with E-state index in [2.05, 4.69) is 38.0 Å². The zero-order valence-electron chi connectivity index (χ0n) is 14.9. The summed E-state index contributed by atoms with van der Waals surface area (Å²) in [6.45, 7) is 3.43. The smallest absolute Gasteiger partial charge is 0.223 e. The number of imidazole rings is 2. The van der Waals surface area contributed by atoms with E-state index in [0.717, 1.165) is 48.0 Å². The number of aromatic nitrogens is 4. The van der Waals surface area contributed by atoms with Crippen molar-refractivity contribution in [2.75, 3.05) is 0 Å². The van der Waals surface area contributed by atoms with E-state index in [-0.39, 0.29) is 11.8 Å². The number of hydrogen-bond acceptors (Lipinski definition) is 3. The maximum Gasteiger partial charge on any atom is 0.223 e. The van der Waals surface area contributed by atoms with E-state index >= 15 is 0 Å². The summed E-state index contributed by atoms with van der Waals surface area (Å²) in [5.41, 5.74) is 3.05. The second-order valence-corrected chi connectivity index (χ2v) is 6.73. The molecule has 134 valence electrons. The summed E-state index contributed by atoms with van der Waals surface area (Å²) >= 11 is 0. The van der Waals surface area contributed by atoms with Crippen LogP contribution in [0.25, 0.3) is 11.4 Å². The van der Waals surface area contributed by atoms with Gasteiger partial charge in [-0.15, -0.1) is 0 Å². The van der Waals surface area contributed by atoms with Crippen molar-refractivity contribution in [3.8, 4) is 11.4 Å². The number of carbonyl (C=O) groups excluding carboxylic acids is 1. The lowest BCUT2D eigenvalue weighted by molar-refractivity contribution is -0.125. The van der Waals surface area contributed by atoms with Crippen LogP contribution in [0.1, 0.15) is 30.6 Å². The van der Waals surface area contributed by atoms with Gasteiger partial charge in [0, 0.05) is 30.6 Å². The third-order valence-electron chi connectivity index (χ3n) is 4.92. The number of hydrogen-bond donors (Lipinski definition) is 2. The fourth-order valence-electron chi connectivity index (χ4n) is 3.40. The summed E-state index contributed by atoms with van der Waals surface area (Å²) in [5.74, 6) is 1.93. The minimum atomic E-state index is -0.00822. The molecule has 3 aromatic rings. The van der Waals surface area contributed by atoms with Crippen LogP contribution in [0.3, 0.4) is 0 Å². The average Bonchev–Trinajstić information content (AvgIpc) is 3.32. The SMILES string of the molecule is CCc1cn2c(n1)CC(C(=O)NCc1cnc(-c3ccccc3)[nH]1)CC2. The molecule has 2 aromatic heterocycles. The number of rotatable bonds is 5. The summed E-state index contributed by atoms with van der Waals surface area (Å²) < 4.78 is 2.18. The highest BCUT2D eigenvalue weighted by Crippen LogP contribution is 2.21. The number of amides is 1. The first-order valence-corrected chi connectivity index (χ1v) is 9.15. The van der Waals surface area contributed by atoms with E-state index in [0.29, 0.717) is 13.0 Å². The van der Waals surface area contributed by atoms with Crippen LogP contribution >= 0.6 is 0 Å². The van der Waals surface area contributed by atoms with E-state index in [1.54, 1.807) is 6.20 Å². The molecule has 0 radical (unpaired) electrons. The molecule has 4 rings (SSSR count). The Hall–Kier alpha value is -2.89. The van der Waals surface area contributed by atoms with E-state index in [4.69, 9.17) is 0 Å². The third kappa shape index (κ3) is 3.40. The number of aromatic amines is 1. The molecule has 0 saturated heterocycles. The largest absolute Gasteiger partial charge is 0.350 e. The highest BCUT2D eigenvalue weighted by molar-refractivity contribution is 5.79. The number of fused-ring (bicyclic) bond motifs is 1. The highest BCUT2D eigenvalue weighted by Gasteiger charge is 2.26. The molecule has 0 aliphatic carbocycles. The van der Waals surface area contributed by atoms with Crippen LogP contribution in [-0.2, 0) is 30.7 Å². The van der Waals surface area contributed by atoms with E-state index in [1.807, 2.05) is 30.3 Å². The van der Waals surface area contributed by atoms with Gasteiger partial charge in [0.15, 0.2) is 0 Å². The van der Waals surface area contributed by atoms with Gasteiger partial charge in [-0.2, -0.15) is 0 Å². The van der Waals surface area contributed by atoms with Gasteiger partial charge in [0.25, 0.3) is 0 Å². The van der Waals surface area contributed by atoms with Crippen LogP contribution in [0.2, 0.25) is 0 Å². The zero-order valence-corrected chi connectivity index (χ0v) is 14.9. The van der Waals surface area contributed by atoms with Gasteiger partial charge >= 0.3 is 0 Å². The third-order valence-corrected chi connectivity index (χ3v) is 4.92. The van der Waals surface area contributed by atoms with Crippen LogP contribution in [0.4, 0.5) is 0 Å². The molecule has 6 heteroatoms. The lowest BCUT2D eigenvalue weighted by Crippen LogP contribution is -2.35. The first kappa shape index (κ1) is 16.6. The van der Waals surface area contributed by atoms with E-state index in [9.17, 15) is 4.79 Å². The van der Waals surface area contributed by atoms with Gasteiger partial charge in [0.05, 0.1) is 24.1 Å². The van der Waals surface area contributed by atoms with Crippen molar-refractivity contribution < 1.29 is 4.79 Å². The molecular weight excluding hydrogens is 326 g/mol. The molecule has 0 fully saturated rings. The van der Waals surface area contributed by atoms with Crippen LogP contribution in [0.5, 0.6) is 0 Å². The molecule has 26 heavy (non-hydrogen) atoms. The fraction of sp³-hybridized carbons (Fsp3) is 0.350. The summed E-state index contributed by atoms with van der Waals surface area (Å²) in [5, 5.41) is 3.04. The number of benzene rings is 1. The number of aryl methyl sites for hydroxylation is 2. The molecule has 1 amide bonds. The summed E-state index contributed by atoms with van der Waals surface area (Å²) in [6, 6.07) is 9.96. The van der Waals surface area contributed by atoms with Crippen molar-refractivity contribution in [3.63, 3.8) is 0 Å². The summed E-state index contributed by atoms with van der Waals surface area (Å²) in [7, 11) is 0. The Morgan fingerprint density at radius 1 is 1.35 bits per heavy atom. The maximum atomic E-state index is 12.6. The number of H-pyrrole nitrogens is 1. The lowest BCUT2D eigenvalue weighted by atomic mass is 9.97. The zero-order chi connectivity index (χ0) is 17.9. The topological polar surface area (TPSA) is 75.6 Å². The number of carbonyl (C=O) groups is 1. The standard InChI is InChI=1S/C20H23N5O/c1-2-16-13-25-9-8-15(10-18(25)23-16)20(26)22-12-17-11-21-19(24-17)14-6-4-3-5-7-14/h3-7,11,13,15H,2,8-10,12H2,1H3,(H,21,24)(H,22,26). The Balaban J connectivity index is 1.35. The van der Waals surface area contributed by atoms with Crippen molar-refractivity contribution in [1.82, 2.24) is 24.8 Å². The second-order valence-electron chi connectivity index (χ2n) is 6.73. The molecule has 3 heterocycles. The van der Waals surface area contributed by atoms with Gasteiger partial charge in [-0.05, 0) is 12.8 Å². The van der Waals surface area contributed by atoms with Gasteiger partial charge in [0.2, 0.25) is 5.91 Å². The monoisotopic (exact) mass is 349 g/mol. The molecule has 0 bridgehead atoms. The molecule has 6 nitrogen and oxygen atoms in total. The van der Waals surface area contributed by atoms with Crippen molar-refractivity contribution in [2.24, 2.45) is 5.92 Å². The quantitative estimate of drug-likeness (QED) is 0.744. The molecule has 1 unspecified atom stereocenters. The fourth-order valence-corrected chi connectivity index (χ4v) is 3.40. The van der Waals surface area contributed by atoms with Gasteiger partial charge < -0.3 is 14.9 Å². The molecule has 0 spiro atoms. The van der Waals surface area contributed by atoms with E-state index in [1.165, 1.54) is 0 Å². The average molecular weight is 349 g/mol. The normalized spacial score (nSPS) is 16.3. The molecule has 1 aliphatic heterocycles. The van der Waals surface area contributed by atoms with Crippen LogP contribution in [0.15, 0.2) is 42.7 Å². The van der Waals surface area contributed by atoms with Crippen LogP contribution in [0, 0.1) is 5.92 Å². The van der Waals surface area contributed by atoms with E-state index < -0.39 is 0 Å². The molecule has 0 saturated carbocycles. The van der Waals surface area contributed by atoms with Crippen molar-refractivity contribution in [1.29, 1.82) is 0 Å². The lowest BCUT2D eigenvalue weighted by Gasteiger charge is -2.22. The summed E-state index contributed by atoms with van der Waals surface area (Å²) in [4.78, 5) is 24.8. The Labute approximate surface area is 152 Å². The Bertz CT molecular complexity index is 896. The van der Waals surface area contributed by atoms with Crippen LogP contribution in [-0.4, -0.2) is 25.4 Å². The van der Waals surface area contributed by atoms with Crippen molar-refractivity contribution in [2.45, 2.75) is 39.3 Å². The molecule has 1 atom stereocenters. The summed E-state index contributed by atoms with van der Waals surface area (Å²) in [6.07, 6.45) is 6.39. The Kier molecular flexibility index (Phi) is 4.56.